The third kappa shape index (κ3) is 3.93. The van der Waals surface area contributed by atoms with Crippen molar-refractivity contribution in [1.29, 1.82) is 0 Å². The number of Topliss-reactive ketones (excluding diaryl/α,β-unsaturated/α-hetero) is 1. The first-order valence-corrected chi connectivity index (χ1v) is 11.9. The highest BCUT2D eigenvalue weighted by Gasteiger charge is 2.21. The van der Waals surface area contributed by atoms with Gasteiger partial charge in [-0.25, -0.2) is 8.42 Å². The molecule has 0 radical (unpaired) electrons. The SMILES string of the molecule is O=C(Cc1ccc2c(c1)S(=O)(=O)C=C2)c1cc(-c2ccccc2)cc(-c2ccccc2)c1. The second-order valence-electron chi connectivity index (χ2n) is 7.85. The van der Waals surface area contributed by atoms with E-state index in [0.29, 0.717) is 16.7 Å². The van der Waals surface area contributed by atoms with Crippen LogP contribution in [0.1, 0.15) is 21.5 Å². The third-order valence-electron chi connectivity index (χ3n) is 5.65. The Hall–Kier alpha value is -3.76. The highest BCUT2D eigenvalue weighted by atomic mass is 32.2. The van der Waals surface area contributed by atoms with E-state index in [1.807, 2.05) is 78.9 Å². The number of benzene rings is 4. The van der Waals surface area contributed by atoms with Crippen LogP contribution < -0.4 is 0 Å². The summed E-state index contributed by atoms with van der Waals surface area (Å²) in [5.41, 5.74) is 5.97. The molecule has 4 heteroatoms. The standard InChI is InChI=1S/C28H20O3S/c29-27(15-20-11-12-23-13-14-32(30,31)28(23)16-20)26-18-24(21-7-3-1-4-8-21)17-25(19-26)22-9-5-2-6-10-22/h1-14,16-19H,15H2. The number of ketones is 1. The number of rotatable bonds is 5. The van der Waals surface area contributed by atoms with Crippen LogP contribution in [0.3, 0.4) is 0 Å². The Morgan fingerprint density at radius 2 is 1.25 bits per heavy atom. The fraction of sp³-hybridized carbons (Fsp3) is 0.0357. The van der Waals surface area contributed by atoms with Gasteiger partial charge in [0, 0.05) is 17.4 Å². The fourth-order valence-electron chi connectivity index (χ4n) is 3.98. The van der Waals surface area contributed by atoms with E-state index in [1.165, 1.54) is 5.41 Å². The van der Waals surface area contributed by atoms with Crippen molar-refractivity contribution in [2.45, 2.75) is 11.3 Å². The van der Waals surface area contributed by atoms with E-state index >= 15 is 0 Å². The zero-order valence-corrected chi connectivity index (χ0v) is 18.0. The Balaban J connectivity index is 1.53. The number of hydrogen-bond donors (Lipinski definition) is 0. The molecule has 0 saturated carbocycles. The normalized spacial score (nSPS) is 13.6. The van der Waals surface area contributed by atoms with Gasteiger partial charge < -0.3 is 0 Å². The van der Waals surface area contributed by atoms with Crippen molar-refractivity contribution >= 4 is 21.7 Å². The van der Waals surface area contributed by atoms with E-state index in [2.05, 4.69) is 6.07 Å². The molecule has 0 amide bonds. The average molecular weight is 437 g/mol. The second kappa shape index (κ2) is 8.06. The van der Waals surface area contributed by atoms with Crippen LogP contribution in [-0.2, 0) is 16.3 Å². The molecular weight excluding hydrogens is 416 g/mol. The molecule has 0 aromatic heterocycles. The van der Waals surface area contributed by atoms with Gasteiger partial charge in [-0.1, -0.05) is 72.8 Å². The van der Waals surface area contributed by atoms with E-state index in [-0.39, 0.29) is 17.1 Å². The first kappa shape index (κ1) is 20.2. The number of fused-ring (bicyclic) bond motifs is 1. The van der Waals surface area contributed by atoms with Gasteiger partial charge >= 0.3 is 0 Å². The summed E-state index contributed by atoms with van der Waals surface area (Å²) >= 11 is 0. The second-order valence-corrected chi connectivity index (χ2v) is 9.65. The van der Waals surface area contributed by atoms with E-state index in [4.69, 9.17) is 0 Å². The molecule has 0 unspecified atom stereocenters. The molecule has 5 rings (SSSR count). The van der Waals surface area contributed by atoms with E-state index in [9.17, 15) is 13.2 Å². The maximum Gasteiger partial charge on any atom is 0.200 e. The lowest BCUT2D eigenvalue weighted by molar-refractivity contribution is 0.0993. The van der Waals surface area contributed by atoms with Gasteiger partial charge in [0.05, 0.1) is 4.90 Å². The van der Waals surface area contributed by atoms with Crippen molar-refractivity contribution in [3.05, 3.63) is 119 Å². The van der Waals surface area contributed by atoms with Crippen LogP contribution in [0.5, 0.6) is 0 Å². The molecule has 0 atom stereocenters. The van der Waals surface area contributed by atoms with Gasteiger partial charge in [-0.15, -0.1) is 0 Å². The van der Waals surface area contributed by atoms with Gasteiger partial charge in [-0.05, 0) is 63.7 Å². The Kier molecular flexibility index (Phi) is 5.08. The maximum atomic E-state index is 13.3. The monoisotopic (exact) mass is 436 g/mol. The van der Waals surface area contributed by atoms with Crippen molar-refractivity contribution in [2.75, 3.05) is 0 Å². The molecular formula is C28H20O3S. The lowest BCUT2D eigenvalue weighted by Crippen LogP contribution is -2.05. The quantitative estimate of drug-likeness (QED) is 0.350. The van der Waals surface area contributed by atoms with Gasteiger partial charge in [-0.2, -0.15) is 0 Å². The molecule has 4 aromatic rings. The number of sulfone groups is 1. The van der Waals surface area contributed by atoms with Crippen LogP contribution in [0.4, 0.5) is 0 Å². The zero-order chi connectivity index (χ0) is 22.1. The maximum absolute atomic E-state index is 13.3. The molecule has 4 aromatic carbocycles. The molecule has 0 bridgehead atoms. The minimum atomic E-state index is -3.41. The minimum Gasteiger partial charge on any atom is -0.294 e. The van der Waals surface area contributed by atoms with Gasteiger partial charge in [0.25, 0.3) is 0 Å². The summed E-state index contributed by atoms with van der Waals surface area (Å²) < 4.78 is 24.4. The Bertz CT molecular complexity index is 1390. The van der Waals surface area contributed by atoms with Crippen LogP contribution in [0.2, 0.25) is 0 Å². The predicted molar refractivity (Wildman–Crippen MR) is 128 cm³/mol. The zero-order valence-electron chi connectivity index (χ0n) is 17.2. The molecule has 0 aliphatic carbocycles. The van der Waals surface area contributed by atoms with Crippen LogP contribution in [0, 0.1) is 0 Å². The average Bonchev–Trinajstić information content (AvgIpc) is 3.14. The summed E-state index contributed by atoms with van der Waals surface area (Å²) in [7, 11) is -3.41. The molecule has 1 aliphatic heterocycles. The van der Waals surface area contributed by atoms with Crippen molar-refractivity contribution in [2.24, 2.45) is 0 Å². The molecule has 156 valence electrons. The topological polar surface area (TPSA) is 51.2 Å². The molecule has 0 N–H and O–H groups in total. The van der Waals surface area contributed by atoms with Gasteiger partial charge in [0.2, 0.25) is 0 Å². The Morgan fingerprint density at radius 3 is 1.84 bits per heavy atom. The van der Waals surface area contributed by atoms with E-state index in [0.717, 1.165) is 22.3 Å². The van der Waals surface area contributed by atoms with E-state index in [1.54, 1.807) is 18.2 Å². The summed E-state index contributed by atoms with van der Waals surface area (Å²) in [6, 6.07) is 31.0. The molecule has 0 fully saturated rings. The molecule has 3 nitrogen and oxygen atoms in total. The number of hydrogen-bond acceptors (Lipinski definition) is 3. The summed E-state index contributed by atoms with van der Waals surface area (Å²) in [5, 5.41) is 1.21. The number of carbonyl (C=O) groups is 1. The number of carbonyl (C=O) groups excluding carboxylic acids is 1. The summed E-state index contributed by atoms with van der Waals surface area (Å²) in [4.78, 5) is 13.5. The molecule has 1 aliphatic rings. The van der Waals surface area contributed by atoms with Crippen LogP contribution in [-0.4, -0.2) is 14.2 Å². The minimum absolute atomic E-state index is 0.0525. The largest absolute Gasteiger partial charge is 0.294 e. The third-order valence-corrected chi connectivity index (χ3v) is 7.11. The van der Waals surface area contributed by atoms with Crippen molar-refractivity contribution in [1.82, 2.24) is 0 Å². The Morgan fingerprint density at radius 1 is 0.656 bits per heavy atom. The van der Waals surface area contributed by atoms with Gasteiger partial charge in [0.1, 0.15) is 0 Å². The van der Waals surface area contributed by atoms with Gasteiger partial charge in [-0.3, -0.25) is 4.79 Å². The van der Waals surface area contributed by atoms with Crippen LogP contribution in [0.15, 0.2) is 107 Å². The van der Waals surface area contributed by atoms with Gasteiger partial charge in [0.15, 0.2) is 15.6 Å². The van der Waals surface area contributed by atoms with Crippen molar-refractivity contribution in [3.63, 3.8) is 0 Å². The molecule has 1 heterocycles. The van der Waals surface area contributed by atoms with Crippen molar-refractivity contribution in [3.8, 4) is 22.3 Å². The van der Waals surface area contributed by atoms with Crippen LogP contribution in [0.25, 0.3) is 28.3 Å². The molecule has 32 heavy (non-hydrogen) atoms. The highest BCUT2D eigenvalue weighted by molar-refractivity contribution is 7.94. The van der Waals surface area contributed by atoms with Crippen molar-refractivity contribution < 1.29 is 13.2 Å². The molecule has 0 spiro atoms. The molecule has 0 saturated heterocycles. The highest BCUT2D eigenvalue weighted by Crippen LogP contribution is 2.30. The fourth-order valence-corrected chi connectivity index (χ4v) is 5.23. The van der Waals surface area contributed by atoms with Crippen LogP contribution >= 0.6 is 0 Å². The predicted octanol–water partition coefficient (Wildman–Crippen LogP) is 6.20. The summed E-state index contributed by atoms with van der Waals surface area (Å²) in [5.74, 6) is -0.0525. The smallest absolute Gasteiger partial charge is 0.200 e. The summed E-state index contributed by atoms with van der Waals surface area (Å²) in [6.45, 7) is 0. The van der Waals surface area contributed by atoms with E-state index < -0.39 is 9.84 Å². The lowest BCUT2D eigenvalue weighted by Gasteiger charge is -2.11. The Labute approximate surface area is 187 Å². The summed E-state index contributed by atoms with van der Waals surface area (Å²) in [6.07, 6.45) is 1.72. The first-order chi connectivity index (χ1) is 15.5. The first-order valence-electron chi connectivity index (χ1n) is 10.3. The lowest BCUT2D eigenvalue weighted by atomic mass is 9.93.